The SMILES string of the molecule is Cc1nc2cc(NCc3cc(C)sc3C)ccc2o1. The summed E-state index contributed by atoms with van der Waals surface area (Å²) in [5, 5.41) is 3.44. The largest absolute Gasteiger partial charge is 0.441 e. The number of hydrogen-bond acceptors (Lipinski definition) is 4. The Morgan fingerprint density at radius 1 is 1.21 bits per heavy atom. The third-order valence-electron chi connectivity index (χ3n) is 3.12. The molecule has 3 rings (SSSR count). The molecule has 1 aromatic carbocycles. The normalized spacial score (nSPS) is 11.1. The molecule has 0 spiro atoms. The molecule has 2 heterocycles. The molecule has 0 saturated heterocycles. The van der Waals surface area contributed by atoms with Crippen LogP contribution in [0.2, 0.25) is 0 Å². The van der Waals surface area contributed by atoms with E-state index in [9.17, 15) is 0 Å². The van der Waals surface area contributed by atoms with E-state index in [0.717, 1.165) is 23.3 Å². The molecular weight excluding hydrogens is 256 g/mol. The molecule has 98 valence electrons. The van der Waals surface area contributed by atoms with E-state index in [1.807, 2.05) is 36.5 Å². The Bertz CT molecular complexity index is 727. The Balaban J connectivity index is 1.79. The molecule has 0 atom stereocenters. The molecule has 0 unspecified atom stereocenters. The summed E-state index contributed by atoms with van der Waals surface area (Å²) in [6, 6.07) is 8.26. The number of anilines is 1. The van der Waals surface area contributed by atoms with E-state index in [4.69, 9.17) is 4.42 Å². The van der Waals surface area contributed by atoms with Crippen molar-refractivity contribution in [3.63, 3.8) is 0 Å². The van der Waals surface area contributed by atoms with Crippen molar-refractivity contribution in [2.75, 3.05) is 5.32 Å². The van der Waals surface area contributed by atoms with Crippen molar-refractivity contribution in [2.45, 2.75) is 27.3 Å². The summed E-state index contributed by atoms with van der Waals surface area (Å²) < 4.78 is 5.47. The second kappa shape index (κ2) is 4.70. The first kappa shape index (κ1) is 12.2. The van der Waals surface area contributed by atoms with Crippen LogP contribution in [0, 0.1) is 20.8 Å². The lowest BCUT2D eigenvalue weighted by Gasteiger charge is -2.05. The summed E-state index contributed by atoms with van der Waals surface area (Å²) in [5.74, 6) is 0.705. The van der Waals surface area contributed by atoms with E-state index < -0.39 is 0 Å². The molecule has 0 aliphatic carbocycles. The fourth-order valence-electron chi connectivity index (χ4n) is 2.21. The van der Waals surface area contributed by atoms with E-state index in [-0.39, 0.29) is 0 Å². The Kier molecular flexibility index (Phi) is 3.03. The van der Waals surface area contributed by atoms with Crippen LogP contribution in [0.5, 0.6) is 0 Å². The second-order valence-electron chi connectivity index (χ2n) is 4.71. The number of benzene rings is 1. The number of thiophene rings is 1. The van der Waals surface area contributed by atoms with Gasteiger partial charge in [0.15, 0.2) is 11.5 Å². The third kappa shape index (κ3) is 2.49. The van der Waals surface area contributed by atoms with Gasteiger partial charge in [-0.3, -0.25) is 0 Å². The summed E-state index contributed by atoms with van der Waals surface area (Å²) in [4.78, 5) is 7.08. The average Bonchev–Trinajstić information content (AvgIpc) is 2.87. The van der Waals surface area contributed by atoms with Gasteiger partial charge in [-0.2, -0.15) is 0 Å². The number of aromatic nitrogens is 1. The minimum Gasteiger partial charge on any atom is -0.441 e. The van der Waals surface area contributed by atoms with Crippen molar-refractivity contribution in [3.05, 3.63) is 45.5 Å². The Morgan fingerprint density at radius 3 is 2.79 bits per heavy atom. The Hall–Kier alpha value is -1.81. The van der Waals surface area contributed by atoms with Crippen molar-refractivity contribution >= 4 is 28.1 Å². The van der Waals surface area contributed by atoms with Gasteiger partial charge in [-0.05, 0) is 43.7 Å². The average molecular weight is 272 g/mol. The molecule has 0 fully saturated rings. The monoisotopic (exact) mass is 272 g/mol. The molecule has 0 saturated carbocycles. The van der Waals surface area contributed by atoms with Gasteiger partial charge >= 0.3 is 0 Å². The zero-order valence-electron chi connectivity index (χ0n) is 11.3. The number of nitrogens with zero attached hydrogens (tertiary/aromatic N) is 1. The number of fused-ring (bicyclic) bond motifs is 1. The summed E-state index contributed by atoms with van der Waals surface area (Å²) in [6.45, 7) is 7.02. The maximum absolute atomic E-state index is 5.47. The topological polar surface area (TPSA) is 38.1 Å². The van der Waals surface area contributed by atoms with Crippen LogP contribution in [-0.2, 0) is 6.54 Å². The van der Waals surface area contributed by atoms with Gasteiger partial charge in [0, 0.05) is 28.9 Å². The Labute approximate surface area is 116 Å². The predicted octanol–water partition coefficient (Wildman–Crippen LogP) is 4.43. The van der Waals surface area contributed by atoms with Gasteiger partial charge in [-0.15, -0.1) is 11.3 Å². The van der Waals surface area contributed by atoms with Crippen LogP contribution in [0.25, 0.3) is 11.1 Å². The highest BCUT2D eigenvalue weighted by atomic mass is 32.1. The molecule has 3 aromatic rings. The predicted molar refractivity (Wildman–Crippen MR) is 79.9 cm³/mol. The molecule has 0 aliphatic rings. The maximum atomic E-state index is 5.47. The van der Waals surface area contributed by atoms with Crippen LogP contribution in [-0.4, -0.2) is 4.98 Å². The first-order valence-electron chi connectivity index (χ1n) is 6.29. The van der Waals surface area contributed by atoms with Gasteiger partial charge in [-0.25, -0.2) is 4.98 Å². The fourth-order valence-corrected chi connectivity index (χ4v) is 3.16. The third-order valence-corrected chi connectivity index (χ3v) is 4.13. The van der Waals surface area contributed by atoms with Crippen LogP contribution in [0.1, 0.15) is 21.2 Å². The second-order valence-corrected chi connectivity index (χ2v) is 6.17. The van der Waals surface area contributed by atoms with Crippen molar-refractivity contribution in [2.24, 2.45) is 0 Å². The van der Waals surface area contributed by atoms with Gasteiger partial charge in [0.25, 0.3) is 0 Å². The lowest BCUT2D eigenvalue weighted by atomic mass is 10.2. The van der Waals surface area contributed by atoms with Crippen molar-refractivity contribution in [1.29, 1.82) is 0 Å². The minimum absolute atomic E-state index is 0.705. The number of nitrogens with one attached hydrogen (secondary N) is 1. The van der Waals surface area contributed by atoms with Crippen LogP contribution in [0.3, 0.4) is 0 Å². The number of hydrogen-bond donors (Lipinski definition) is 1. The first-order valence-corrected chi connectivity index (χ1v) is 7.10. The van der Waals surface area contributed by atoms with Gasteiger partial charge in [0.2, 0.25) is 0 Å². The summed E-state index contributed by atoms with van der Waals surface area (Å²) in [7, 11) is 0. The van der Waals surface area contributed by atoms with E-state index in [0.29, 0.717) is 5.89 Å². The smallest absolute Gasteiger partial charge is 0.192 e. The number of aryl methyl sites for hydroxylation is 3. The van der Waals surface area contributed by atoms with Crippen LogP contribution in [0.15, 0.2) is 28.7 Å². The zero-order valence-corrected chi connectivity index (χ0v) is 12.1. The number of rotatable bonds is 3. The van der Waals surface area contributed by atoms with Crippen molar-refractivity contribution in [1.82, 2.24) is 4.98 Å². The maximum Gasteiger partial charge on any atom is 0.192 e. The molecule has 0 amide bonds. The molecule has 0 aliphatic heterocycles. The van der Waals surface area contributed by atoms with Gasteiger partial charge in [-0.1, -0.05) is 0 Å². The lowest BCUT2D eigenvalue weighted by Crippen LogP contribution is -1.99. The fraction of sp³-hybridized carbons (Fsp3) is 0.267. The summed E-state index contributed by atoms with van der Waals surface area (Å²) in [6.07, 6.45) is 0. The molecule has 1 N–H and O–H groups in total. The van der Waals surface area contributed by atoms with Crippen LogP contribution in [0.4, 0.5) is 5.69 Å². The van der Waals surface area contributed by atoms with Crippen LogP contribution < -0.4 is 5.32 Å². The van der Waals surface area contributed by atoms with E-state index >= 15 is 0 Å². The first-order chi connectivity index (χ1) is 9.11. The highest BCUT2D eigenvalue weighted by Crippen LogP contribution is 2.23. The molecule has 19 heavy (non-hydrogen) atoms. The van der Waals surface area contributed by atoms with Crippen LogP contribution >= 0.6 is 11.3 Å². The molecule has 2 aromatic heterocycles. The quantitative estimate of drug-likeness (QED) is 0.766. The van der Waals surface area contributed by atoms with Gasteiger partial charge < -0.3 is 9.73 Å². The molecule has 3 nitrogen and oxygen atoms in total. The minimum atomic E-state index is 0.705. The van der Waals surface area contributed by atoms with Crippen molar-refractivity contribution < 1.29 is 4.42 Å². The van der Waals surface area contributed by atoms with E-state index in [1.54, 1.807) is 0 Å². The zero-order chi connectivity index (χ0) is 13.4. The van der Waals surface area contributed by atoms with Crippen molar-refractivity contribution in [3.8, 4) is 0 Å². The Morgan fingerprint density at radius 2 is 2.05 bits per heavy atom. The van der Waals surface area contributed by atoms with Gasteiger partial charge in [0.05, 0.1) is 0 Å². The van der Waals surface area contributed by atoms with E-state index in [2.05, 4.69) is 30.2 Å². The lowest BCUT2D eigenvalue weighted by molar-refractivity contribution is 0.561. The molecule has 4 heteroatoms. The number of oxazole rings is 1. The summed E-state index contributed by atoms with van der Waals surface area (Å²) in [5.41, 5.74) is 4.18. The molecule has 0 radical (unpaired) electrons. The van der Waals surface area contributed by atoms with E-state index in [1.165, 1.54) is 15.3 Å². The highest BCUT2D eigenvalue weighted by Gasteiger charge is 2.05. The molecular formula is C15H16N2OS. The summed E-state index contributed by atoms with van der Waals surface area (Å²) >= 11 is 1.84. The van der Waals surface area contributed by atoms with Gasteiger partial charge in [0.1, 0.15) is 5.52 Å². The molecule has 0 bridgehead atoms. The highest BCUT2D eigenvalue weighted by molar-refractivity contribution is 7.12. The standard InChI is InChI=1S/C15H16N2OS/c1-9-6-12(10(2)19-9)8-16-13-4-5-15-14(7-13)17-11(3)18-15/h4-7,16H,8H2,1-3H3.